The molecule has 5 fully saturated rings. The molecule has 0 aromatic carbocycles. The van der Waals surface area contributed by atoms with Crippen molar-refractivity contribution >= 4 is 0 Å². The molecule has 5 saturated heterocycles. The number of nitrogens with one attached hydrogen (secondary N) is 4. The molecule has 0 amide bonds. The third-order valence-corrected chi connectivity index (χ3v) is 6.03. The number of rotatable bonds is 9. The molecule has 0 aliphatic carbocycles. The van der Waals surface area contributed by atoms with E-state index in [0.29, 0.717) is 6.54 Å². The number of hydrogen-bond donors (Lipinski definition) is 6. The van der Waals surface area contributed by atoms with Crippen molar-refractivity contribution < 1.29 is 14.2 Å². The minimum atomic E-state index is -0.269. The zero-order valence-electron chi connectivity index (χ0n) is 15.8. The molecule has 0 saturated carbocycles. The molecule has 0 bridgehead atoms. The van der Waals surface area contributed by atoms with E-state index in [1.807, 2.05) is 0 Å². The Bertz CT molecular complexity index is 552. The van der Waals surface area contributed by atoms with Gasteiger partial charge in [-0.3, -0.25) is 31.1 Å². The molecule has 11 heteroatoms. The van der Waals surface area contributed by atoms with Crippen molar-refractivity contribution in [3.05, 3.63) is 0 Å². The predicted molar refractivity (Wildman–Crippen MR) is 96.8 cm³/mol. The lowest BCUT2D eigenvalue weighted by Crippen LogP contribution is -2.58. The van der Waals surface area contributed by atoms with Gasteiger partial charge in [0, 0.05) is 26.2 Å². The van der Waals surface area contributed by atoms with Crippen LogP contribution >= 0.6 is 0 Å². The van der Waals surface area contributed by atoms with Gasteiger partial charge in [0.05, 0.1) is 25.5 Å². The third-order valence-electron chi connectivity index (χ3n) is 6.03. The molecule has 27 heavy (non-hydrogen) atoms. The zero-order valence-corrected chi connectivity index (χ0v) is 15.8. The summed E-state index contributed by atoms with van der Waals surface area (Å²) in [5.41, 5.74) is 11.7. The van der Waals surface area contributed by atoms with E-state index in [1.165, 1.54) is 0 Å². The quantitative estimate of drug-likeness (QED) is 0.217. The Morgan fingerprint density at radius 1 is 1.33 bits per heavy atom. The lowest BCUT2D eigenvalue weighted by Gasteiger charge is -2.29. The lowest BCUT2D eigenvalue weighted by atomic mass is 10.1. The molecule has 154 valence electrons. The number of hydrogen-bond acceptors (Lipinski definition) is 11. The van der Waals surface area contributed by atoms with Gasteiger partial charge < -0.3 is 25.7 Å². The minimum absolute atomic E-state index is 0.0562. The van der Waals surface area contributed by atoms with Gasteiger partial charge in [0.2, 0.25) is 0 Å². The number of epoxide rings is 3. The van der Waals surface area contributed by atoms with Crippen molar-refractivity contribution in [3.63, 3.8) is 0 Å². The van der Waals surface area contributed by atoms with Crippen molar-refractivity contribution in [3.8, 4) is 0 Å². The second-order valence-corrected chi connectivity index (χ2v) is 8.07. The summed E-state index contributed by atoms with van der Waals surface area (Å²) in [6.07, 6.45) is 0.361. The van der Waals surface area contributed by atoms with E-state index >= 15 is 0 Å². The van der Waals surface area contributed by atoms with Crippen molar-refractivity contribution in [2.24, 2.45) is 11.5 Å². The Balaban J connectivity index is 1.17. The second kappa shape index (κ2) is 7.11. The van der Waals surface area contributed by atoms with Crippen LogP contribution < -0.4 is 32.7 Å². The maximum atomic E-state index is 6.11. The third kappa shape index (κ3) is 3.74. The Kier molecular flexibility index (Phi) is 4.89. The molecule has 0 aromatic heterocycles. The van der Waals surface area contributed by atoms with E-state index < -0.39 is 0 Å². The molecule has 5 heterocycles. The van der Waals surface area contributed by atoms with Crippen LogP contribution in [0.2, 0.25) is 0 Å². The smallest absolute Gasteiger partial charge is 0.155 e. The molecule has 7 unspecified atom stereocenters. The van der Waals surface area contributed by atoms with Crippen LogP contribution in [-0.4, -0.2) is 105 Å². The molecule has 0 aromatic rings. The Hall–Kier alpha value is -0.440. The maximum Gasteiger partial charge on any atom is 0.155 e. The Labute approximate surface area is 159 Å². The Morgan fingerprint density at radius 2 is 2.19 bits per heavy atom. The fraction of sp³-hybridized carbons (Fsp3) is 1.00. The summed E-state index contributed by atoms with van der Waals surface area (Å²) in [6.45, 7) is 7.57. The summed E-state index contributed by atoms with van der Waals surface area (Å²) in [5, 5.41) is 13.7. The van der Waals surface area contributed by atoms with Gasteiger partial charge >= 0.3 is 0 Å². The number of fused-ring (bicyclic) bond motifs is 3. The standard InChI is InChI=1S/C16H32N8O3/c1-2-20-16(7-25-16)6-23(4-3-17)14-9(26-14)5-24-8-19-10-11-13(27-11)22-15(18)21-12(10)24/h9-15,19-22H,2-8,17-18H2,1H3/t9-,10?,11?,12?,13?,14?,15?,16?/m0/s1. The first-order valence-electron chi connectivity index (χ1n) is 10.0. The monoisotopic (exact) mass is 384 g/mol. The summed E-state index contributed by atoms with van der Waals surface area (Å²) in [5.74, 6) is 0. The first-order valence-corrected chi connectivity index (χ1v) is 10.0. The molecule has 8 N–H and O–H groups in total. The van der Waals surface area contributed by atoms with Crippen LogP contribution in [0.1, 0.15) is 6.92 Å². The van der Waals surface area contributed by atoms with Crippen molar-refractivity contribution in [2.45, 2.75) is 55.8 Å². The SMILES string of the molecule is CCNC1(CN(CCN)C2O[C@H]2CN2CNC3C4OC4NC(N)NC32)CO1. The predicted octanol–water partition coefficient (Wildman–Crippen LogP) is -3.97. The molecule has 0 spiro atoms. The van der Waals surface area contributed by atoms with Crippen molar-refractivity contribution in [1.29, 1.82) is 0 Å². The summed E-state index contributed by atoms with van der Waals surface area (Å²) < 4.78 is 17.4. The van der Waals surface area contributed by atoms with Crippen molar-refractivity contribution in [2.75, 3.05) is 46.0 Å². The molecule has 8 atom stereocenters. The summed E-state index contributed by atoms with van der Waals surface area (Å²) in [7, 11) is 0. The van der Waals surface area contributed by atoms with E-state index in [1.54, 1.807) is 0 Å². The molecule has 5 aliphatic heterocycles. The van der Waals surface area contributed by atoms with E-state index in [-0.39, 0.29) is 48.9 Å². The van der Waals surface area contributed by atoms with Gasteiger partial charge in [0.25, 0.3) is 0 Å². The van der Waals surface area contributed by atoms with Crippen LogP contribution in [0.4, 0.5) is 0 Å². The topological polar surface area (TPSA) is 144 Å². The number of ether oxygens (including phenoxy) is 3. The highest BCUT2D eigenvalue weighted by molar-refractivity contribution is 5.07. The van der Waals surface area contributed by atoms with Gasteiger partial charge in [-0.05, 0) is 6.54 Å². The molecule has 5 aliphatic rings. The normalized spacial score (nSPS) is 48.2. The highest BCUT2D eigenvalue weighted by atomic mass is 16.6. The van der Waals surface area contributed by atoms with Crippen molar-refractivity contribution in [1.82, 2.24) is 31.1 Å². The average molecular weight is 384 g/mol. The van der Waals surface area contributed by atoms with E-state index in [9.17, 15) is 0 Å². The summed E-state index contributed by atoms with van der Waals surface area (Å²) >= 11 is 0. The largest absolute Gasteiger partial charge is 0.352 e. The first kappa shape index (κ1) is 18.6. The highest BCUT2D eigenvalue weighted by Gasteiger charge is 2.56. The van der Waals surface area contributed by atoms with Gasteiger partial charge in [-0.2, -0.15) is 0 Å². The molecule has 11 nitrogen and oxygen atoms in total. The molecule has 0 radical (unpaired) electrons. The second-order valence-electron chi connectivity index (χ2n) is 8.07. The van der Waals surface area contributed by atoms with Crippen LogP contribution in [0.5, 0.6) is 0 Å². The Morgan fingerprint density at radius 3 is 2.93 bits per heavy atom. The van der Waals surface area contributed by atoms with Crippen LogP contribution in [0, 0.1) is 0 Å². The number of nitrogens with zero attached hydrogens (tertiary/aromatic N) is 2. The van der Waals surface area contributed by atoms with Crippen LogP contribution in [0.15, 0.2) is 0 Å². The van der Waals surface area contributed by atoms with Gasteiger partial charge in [0.1, 0.15) is 31.0 Å². The average Bonchev–Trinajstić information content (AvgIpc) is 3.51. The van der Waals surface area contributed by atoms with Crippen LogP contribution in [0.3, 0.4) is 0 Å². The first-order chi connectivity index (χ1) is 13.1. The fourth-order valence-electron chi connectivity index (χ4n) is 4.55. The van der Waals surface area contributed by atoms with Gasteiger partial charge in [-0.25, -0.2) is 0 Å². The molecular formula is C16H32N8O3. The minimum Gasteiger partial charge on any atom is -0.352 e. The maximum absolute atomic E-state index is 6.11. The number of nitrogens with two attached hydrogens (primary N) is 2. The van der Waals surface area contributed by atoms with Crippen LogP contribution in [0.25, 0.3) is 0 Å². The van der Waals surface area contributed by atoms with E-state index in [0.717, 1.165) is 39.5 Å². The van der Waals surface area contributed by atoms with Gasteiger partial charge in [0.15, 0.2) is 5.72 Å². The lowest BCUT2D eigenvalue weighted by molar-refractivity contribution is 0.118. The molecular weight excluding hydrogens is 352 g/mol. The zero-order chi connectivity index (χ0) is 18.6. The molecule has 5 rings (SSSR count). The van der Waals surface area contributed by atoms with E-state index in [2.05, 4.69) is 38.0 Å². The van der Waals surface area contributed by atoms with Crippen LogP contribution in [-0.2, 0) is 14.2 Å². The number of likely N-dealkylation sites (N-methyl/N-ethyl adjacent to an activating group) is 1. The van der Waals surface area contributed by atoms with Gasteiger partial charge in [-0.15, -0.1) is 0 Å². The highest BCUT2D eigenvalue weighted by Crippen LogP contribution is 2.35. The van der Waals surface area contributed by atoms with Gasteiger partial charge in [-0.1, -0.05) is 6.92 Å². The summed E-state index contributed by atoms with van der Waals surface area (Å²) in [6, 6.07) is 0.241. The van der Waals surface area contributed by atoms with E-state index in [4.69, 9.17) is 25.7 Å². The summed E-state index contributed by atoms with van der Waals surface area (Å²) in [4.78, 5) is 4.66. The fourth-order valence-corrected chi connectivity index (χ4v) is 4.55.